The van der Waals surface area contributed by atoms with Crippen molar-refractivity contribution in [1.82, 2.24) is 19.7 Å². The first-order valence-corrected chi connectivity index (χ1v) is 8.26. The number of aromatic nitrogens is 3. The molecule has 0 fully saturated rings. The van der Waals surface area contributed by atoms with Crippen LogP contribution in [0.5, 0.6) is 0 Å². The summed E-state index contributed by atoms with van der Waals surface area (Å²) in [4.78, 5) is 6.91. The van der Waals surface area contributed by atoms with Gasteiger partial charge in [-0.15, -0.1) is 11.3 Å². The van der Waals surface area contributed by atoms with Crippen LogP contribution in [0.15, 0.2) is 17.8 Å². The Hall–Kier alpha value is -1.24. The summed E-state index contributed by atoms with van der Waals surface area (Å²) in [5, 5.41) is 7.48. The van der Waals surface area contributed by atoms with Gasteiger partial charge in [0.1, 0.15) is 11.1 Å². The molecule has 0 amide bonds. The Morgan fingerprint density at radius 3 is 2.86 bits per heavy atom. The number of aryl methyl sites for hydroxylation is 1. The summed E-state index contributed by atoms with van der Waals surface area (Å²) in [6, 6.07) is 0. The Morgan fingerprint density at radius 2 is 2.19 bits per heavy atom. The van der Waals surface area contributed by atoms with Crippen LogP contribution in [0.25, 0.3) is 0 Å². The molecule has 1 atom stereocenters. The minimum Gasteiger partial charge on any atom is -0.372 e. The Kier molecular flexibility index (Phi) is 5.90. The van der Waals surface area contributed by atoms with E-state index in [4.69, 9.17) is 4.74 Å². The van der Waals surface area contributed by atoms with Crippen LogP contribution in [0.4, 0.5) is 0 Å². The fourth-order valence-corrected chi connectivity index (χ4v) is 3.02. The molecule has 116 valence electrons. The van der Waals surface area contributed by atoms with E-state index in [1.165, 1.54) is 5.56 Å². The molecule has 21 heavy (non-hydrogen) atoms. The normalized spacial score (nSPS) is 13.0. The minimum atomic E-state index is 0.0850. The molecule has 0 aliphatic rings. The quantitative estimate of drug-likeness (QED) is 0.751. The van der Waals surface area contributed by atoms with Crippen LogP contribution in [-0.4, -0.2) is 33.3 Å². The highest BCUT2D eigenvalue weighted by Crippen LogP contribution is 2.21. The molecule has 0 N–H and O–H groups in total. The maximum Gasteiger partial charge on any atom is 0.122 e. The van der Waals surface area contributed by atoms with Gasteiger partial charge in [0.05, 0.1) is 11.9 Å². The van der Waals surface area contributed by atoms with Gasteiger partial charge in [0.15, 0.2) is 0 Å². The van der Waals surface area contributed by atoms with Crippen molar-refractivity contribution in [2.24, 2.45) is 0 Å². The summed E-state index contributed by atoms with van der Waals surface area (Å²) in [6.45, 7) is 9.51. The number of rotatable bonds is 8. The molecule has 0 saturated carbocycles. The van der Waals surface area contributed by atoms with E-state index in [0.29, 0.717) is 0 Å². The van der Waals surface area contributed by atoms with E-state index in [9.17, 15) is 0 Å². The van der Waals surface area contributed by atoms with Crippen molar-refractivity contribution in [2.75, 3.05) is 13.7 Å². The van der Waals surface area contributed by atoms with E-state index < -0.39 is 0 Å². The molecular weight excluding hydrogens is 284 g/mol. The summed E-state index contributed by atoms with van der Waals surface area (Å²) >= 11 is 1.67. The third-order valence-electron chi connectivity index (χ3n) is 3.23. The Labute approximate surface area is 130 Å². The van der Waals surface area contributed by atoms with Crippen molar-refractivity contribution in [3.05, 3.63) is 34.0 Å². The van der Waals surface area contributed by atoms with E-state index in [0.717, 1.165) is 36.9 Å². The highest BCUT2D eigenvalue weighted by atomic mass is 32.1. The summed E-state index contributed by atoms with van der Waals surface area (Å²) in [7, 11) is 2.11. The van der Waals surface area contributed by atoms with Crippen molar-refractivity contribution in [3.63, 3.8) is 0 Å². The molecule has 0 radical (unpaired) electrons. The zero-order chi connectivity index (χ0) is 15.2. The summed E-state index contributed by atoms with van der Waals surface area (Å²) in [5.74, 6) is 0. The number of ether oxygens (including phenoxy) is 1. The largest absolute Gasteiger partial charge is 0.372 e. The van der Waals surface area contributed by atoms with Crippen molar-refractivity contribution in [2.45, 2.75) is 46.5 Å². The first-order valence-electron chi connectivity index (χ1n) is 7.38. The van der Waals surface area contributed by atoms with E-state index >= 15 is 0 Å². The fraction of sp³-hybridized carbons (Fsp3) is 0.600. The van der Waals surface area contributed by atoms with Gasteiger partial charge >= 0.3 is 0 Å². The molecule has 0 aliphatic heterocycles. The lowest BCUT2D eigenvalue weighted by Crippen LogP contribution is -2.17. The minimum absolute atomic E-state index is 0.0850. The van der Waals surface area contributed by atoms with Gasteiger partial charge in [0.25, 0.3) is 0 Å². The van der Waals surface area contributed by atoms with Crippen LogP contribution >= 0.6 is 11.3 Å². The van der Waals surface area contributed by atoms with Gasteiger partial charge in [-0.05, 0) is 27.8 Å². The van der Waals surface area contributed by atoms with Crippen molar-refractivity contribution < 1.29 is 4.74 Å². The lowest BCUT2D eigenvalue weighted by Gasteiger charge is -2.14. The van der Waals surface area contributed by atoms with E-state index in [1.54, 1.807) is 11.3 Å². The van der Waals surface area contributed by atoms with Crippen molar-refractivity contribution in [1.29, 1.82) is 0 Å². The SMILES string of the molecule is CCO[C@@H](C)c1nc(CN(C)Cc2cnn(CC)c2)cs1. The molecule has 0 unspecified atom stereocenters. The molecule has 0 aromatic carbocycles. The number of thiazole rings is 1. The van der Waals surface area contributed by atoms with E-state index in [2.05, 4.69) is 47.5 Å². The first kappa shape index (κ1) is 16.1. The third-order valence-corrected chi connectivity index (χ3v) is 4.28. The van der Waals surface area contributed by atoms with Gasteiger partial charge in [-0.2, -0.15) is 5.10 Å². The van der Waals surface area contributed by atoms with E-state index in [1.807, 2.05) is 17.8 Å². The highest BCUT2D eigenvalue weighted by Gasteiger charge is 2.12. The lowest BCUT2D eigenvalue weighted by atomic mass is 10.3. The van der Waals surface area contributed by atoms with Gasteiger partial charge in [0.2, 0.25) is 0 Å². The van der Waals surface area contributed by atoms with Gasteiger partial charge < -0.3 is 4.74 Å². The molecule has 0 spiro atoms. The molecule has 6 heteroatoms. The fourth-order valence-electron chi connectivity index (χ4n) is 2.21. The molecule has 0 aliphatic carbocycles. The number of nitrogens with zero attached hydrogens (tertiary/aromatic N) is 4. The average Bonchev–Trinajstić information content (AvgIpc) is 3.08. The second-order valence-corrected chi connectivity index (χ2v) is 6.04. The van der Waals surface area contributed by atoms with Gasteiger partial charge in [-0.1, -0.05) is 0 Å². The zero-order valence-corrected chi connectivity index (χ0v) is 14.1. The maximum absolute atomic E-state index is 5.58. The Morgan fingerprint density at radius 1 is 1.38 bits per heavy atom. The predicted molar refractivity (Wildman–Crippen MR) is 85.2 cm³/mol. The molecule has 2 heterocycles. The second kappa shape index (κ2) is 7.68. The molecule has 2 aromatic heterocycles. The average molecular weight is 308 g/mol. The summed E-state index contributed by atoms with van der Waals surface area (Å²) in [5.41, 5.74) is 2.34. The highest BCUT2D eigenvalue weighted by molar-refractivity contribution is 7.09. The van der Waals surface area contributed by atoms with Gasteiger partial charge in [-0.3, -0.25) is 9.58 Å². The van der Waals surface area contributed by atoms with E-state index in [-0.39, 0.29) is 6.10 Å². The molecular formula is C15H24N4OS. The monoisotopic (exact) mass is 308 g/mol. The second-order valence-electron chi connectivity index (χ2n) is 5.15. The standard InChI is InChI=1S/C15H24N4OS/c1-5-19-9-13(7-16-19)8-18(4)10-14-11-21-15(17-14)12(3)20-6-2/h7,9,11-12H,5-6,8,10H2,1-4H3/t12-/m0/s1. The van der Waals surface area contributed by atoms with Crippen molar-refractivity contribution >= 4 is 11.3 Å². The van der Waals surface area contributed by atoms with Gasteiger partial charge in [-0.25, -0.2) is 4.98 Å². The van der Waals surface area contributed by atoms with Crippen LogP contribution < -0.4 is 0 Å². The Bertz CT molecular complexity index is 551. The first-order chi connectivity index (χ1) is 10.1. The van der Waals surface area contributed by atoms with Crippen LogP contribution in [-0.2, 0) is 24.4 Å². The van der Waals surface area contributed by atoms with Crippen LogP contribution in [0.1, 0.15) is 43.1 Å². The van der Waals surface area contributed by atoms with Crippen LogP contribution in [0.2, 0.25) is 0 Å². The van der Waals surface area contributed by atoms with Gasteiger partial charge in [0, 0.05) is 43.4 Å². The predicted octanol–water partition coefficient (Wildman–Crippen LogP) is 3.09. The maximum atomic E-state index is 5.58. The lowest BCUT2D eigenvalue weighted by molar-refractivity contribution is 0.0760. The van der Waals surface area contributed by atoms with Crippen LogP contribution in [0.3, 0.4) is 0 Å². The molecule has 5 nitrogen and oxygen atoms in total. The molecule has 0 bridgehead atoms. The molecule has 2 aromatic rings. The smallest absolute Gasteiger partial charge is 0.122 e. The van der Waals surface area contributed by atoms with Crippen molar-refractivity contribution in [3.8, 4) is 0 Å². The number of hydrogen-bond donors (Lipinski definition) is 0. The summed E-state index contributed by atoms with van der Waals surface area (Å²) in [6.07, 6.45) is 4.12. The zero-order valence-electron chi connectivity index (χ0n) is 13.2. The molecule has 0 saturated heterocycles. The molecule has 2 rings (SSSR count). The topological polar surface area (TPSA) is 43.2 Å². The number of hydrogen-bond acceptors (Lipinski definition) is 5. The Balaban J connectivity index is 1.88. The van der Waals surface area contributed by atoms with Crippen LogP contribution in [0, 0.1) is 0 Å². The summed E-state index contributed by atoms with van der Waals surface area (Å²) < 4.78 is 7.53. The third kappa shape index (κ3) is 4.62.